The van der Waals surface area contributed by atoms with E-state index in [1.54, 1.807) is 6.92 Å². The van der Waals surface area contributed by atoms with Crippen molar-refractivity contribution >= 4 is 25.1 Å². The molecule has 0 aromatic carbocycles. The van der Waals surface area contributed by atoms with Crippen LogP contribution in [-0.4, -0.2) is 30.6 Å². The molecule has 0 spiro atoms. The van der Waals surface area contributed by atoms with Crippen molar-refractivity contribution in [1.29, 1.82) is 0 Å². The fraction of sp³-hybridized carbons (Fsp3) is 0.333. The first-order chi connectivity index (χ1) is 5.66. The van der Waals surface area contributed by atoms with E-state index in [1.807, 2.05) is 0 Å². The number of nitrogens with one attached hydrogen (secondary N) is 1. The highest BCUT2D eigenvalue weighted by molar-refractivity contribution is 6.38. The standard InChI is InChI=1S/C6H8BN3O2/c1-2-12-6(11)4-3(7)5(8)10-9-4/h2H2,1H3,(H3,8,9,10). The van der Waals surface area contributed by atoms with Crippen LogP contribution in [0.5, 0.6) is 0 Å². The number of nitrogens with zero attached hydrogens (tertiary/aromatic N) is 1. The molecule has 0 fully saturated rings. The minimum Gasteiger partial charge on any atom is -0.461 e. The van der Waals surface area contributed by atoms with Gasteiger partial charge < -0.3 is 10.5 Å². The van der Waals surface area contributed by atoms with E-state index in [0.29, 0.717) is 0 Å². The monoisotopic (exact) mass is 165 g/mol. The van der Waals surface area contributed by atoms with Crippen LogP contribution in [0.15, 0.2) is 0 Å². The maximum atomic E-state index is 11.0. The number of anilines is 1. The van der Waals surface area contributed by atoms with Crippen LogP contribution in [0.2, 0.25) is 0 Å². The molecule has 0 saturated heterocycles. The third kappa shape index (κ3) is 1.41. The maximum Gasteiger partial charge on any atom is 0.355 e. The van der Waals surface area contributed by atoms with E-state index >= 15 is 0 Å². The second kappa shape index (κ2) is 3.29. The first kappa shape index (κ1) is 8.64. The van der Waals surface area contributed by atoms with Crippen molar-refractivity contribution in [2.45, 2.75) is 6.92 Å². The molecule has 5 nitrogen and oxygen atoms in total. The van der Waals surface area contributed by atoms with Gasteiger partial charge in [0.15, 0.2) is 0 Å². The molecule has 1 heterocycles. The average Bonchev–Trinajstić information content (AvgIpc) is 2.34. The lowest BCUT2D eigenvalue weighted by Crippen LogP contribution is -2.18. The molecule has 0 amide bonds. The molecule has 1 aromatic heterocycles. The van der Waals surface area contributed by atoms with Crippen LogP contribution in [-0.2, 0) is 4.74 Å². The third-order valence-corrected chi connectivity index (χ3v) is 1.31. The highest BCUT2D eigenvalue weighted by Gasteiger charge is 2.13. The van der Waals surface area contributed by atoms with E-state index in [-0.39, 0.29) is 23.6 Å². The molecule has 62 valence electrons. The van der Waals surface area contributed by atoms with Crippen molar-refractivity contribution in [3.05, 3.63) is 5.69 Å². The highest BCUT2D eigenvalue weighted by Crippen LogP contribution is 1.97. The number of aromatic amines is 1. The van der Waals surface area contributed by atoms with Crippen LogP contribution in [0.3, 0.4) is 0 Å². The first-order valence-corrected chi connectivity index (χ1v) is 3.43. The quantitative estimate of drug-likeness (QED) is 0.433. The van der Waals surface area contributed by atoms with Crippen LogP contribution in [0.25, 0.3) is 0 Å². The van der Waals surface area contributed by atoms with Crippen LogP contribution >= 0.6 is 0 Å². The summed E-state index contributed by atoms with van der Waals surface area (Å²) in [5.74, 6) is -0.433. The maximum absolute atomic E-state index is 11.0. The number of aromatic nitrogens is 2. The zero-order chi connectivity index (χ0) is 9.14. The van der Waals surface area contributed by atoms with E-state index in [9.17, 15) is 4.79 Å². The Morgan fingerprint density at radius 3 is 2.92 bits per heavy atom. The van der Waals surface area contributed by atoms with Gasteiger partial charge in [-0.2, -0.15) is 5.10 Å². The average molecular weight is 165 g/mol. The third-order valence-electron chi connectivity index (χ3n) is 1.31. The molecule has 0 aliphatic carbocycles. The molecule has 0 bridgehead atoms. The summed E-state index contributed by atoms with van der Waals surface area (Å²) in [7, 11) is 5.41. The van der Waals surface area contributed by atoms with Gasteiger partial charge in [0.1, 0.15) is 19.4 Å². The lowest BCUT2D eigenvalue weighted by molar-refractivity contribution is 0.0521. The fourth-order valence-corrected chi connectivity index (χ4v) is 0.724. The molecule has 0 atom stereocenters. The van der Waals surface area contributed by atoms with Crippen LogP contribution in [0.4, 0.5) is 5.82 Å². The van der Waals surface area contributed by atoms with Gasteiger partial charge in [0.25, 0.3) is 0 Å². The molecule has 3 N–H and O–H groups in total. The Hall–Kier alpha value is -1.46. The second-order valence-electron chi connectivity index (χ2n) is 2.12. The molecule has 0 aliphatic heterocycles. The van der Waals surface area contributed by atoms with E-state index in [2.05, 4.69) is 14.9 Å². The Kier molecular flexibility index (Phi) is 2.37. The molecular weight excluding hydrogens is 157 g/mol. The molecule has 0 saturated carbocycles. The Morgan fingerprint density at radius 2 is 2.50 bits per heavy atom. The fourth-order valence-electron chi connectivity index (χ4n) is 0.724. The lowest BCUT2D eigenvalue weighted by atomic mass is 9.96. The summed E-state index contributed by atoms with van der Waals surface area (Å²) in [5, 5.41) is 5.93. The van der Waals surface area contributed by atoms with Gasteiger partial charge in [0.05, 0.1) is 6.61 Å². The van der Waals surface area contributed by atoms with E-state index in [1.165, 1.54) is 0 Å². The van der Waals surface area contributed by atoms with Gasteiger partial charge in [-0.25, -0.2) is 4.79 Å². The van der Waals surface area contributed by atoms with Gasteiger partial charge in [0.2, 0.25) is 0 Å². The summed E-state index contributed by atoms with van der Waals surface area (Å²) < 4.78 is 4.68. The molecule has 1 aromatic rings. The number of ether oxygens (including phenoxy) is 1. The smallest absolute Gasteiger partial charge is 0.355 e. The number of hydrogen-bond donors (Lipinski definition) is 2. The first-order valence-electron chi connectivity index (χ1n) is 3.43. The van der Waals surface area contributed by atoms with Crippen LogP contribution in [0, 0.1) is 0 Å². The zero-order valence-corrected chi connectivity index (χ0v) is 6.63. The Balaban J connectivity index is 2.88. The predicted octanol–water partition coefficient (Wildman–Crippen LogP) is -1.04. The summed E-state index contributed by atoms with van der Waals surface area (Å²) in [4.78, 5) is 11.0. The number of nitrogen functional groups attached to an aromatic ring is 1. The minimum atomic E-state index is -0.542. The van der Waals surface area contributed by atoms with Crippen molar-refractivity contribution in [3.63, 3.8) is 0 Å². The van der Waals surface area contributed by atoms with Gasteiger partial charge >= 0.3 is 5.97 Å². The summed E-state index contributed by atoms with van der Waals surface area (Å²) in [6.45, 7) is 1.99. The van der Waals surface area contributed by atoms with Crippen LogP contribution < -0.4 is 11.2 Å². The summed E-state index contributed by atoms with van der Waals surface area (Å²) in [6, 6.07) is 0. The SMILES string of the molecule is [B]c1c(N)n[nH]c1C(=O)OCC. The van der Waals surface area contributed by atoms with Crippen LogP contribution in [0.1, 0.15) is 17.4 Å². The van der Waals surface area contributed by atoms with E-state index in [4.69, 9.17) is 13.6 Å². The number of hydrogen-bond acceptors (Lipinski definition) is 4. The normalized spacial score (nSPS) is 9.75. The number of esters is 1. The van der Waals surface area contributed by atoms with Crippen molar-refractivity contribution < 1.29 is 9.53 Å². The van der Waals surface area contributed by atoms with Gasteiger partial charge in [0, 0.05) is 0 Å². The molecule has 0 aliphatic rings. The number of rotatable bonds is 2. The Labute approximate surface area is 70.7 Å². The number of carbonyl (C=O) groups is 1. The molecule has 12 heavy (non-hydrogen) atoms. The second-order valence-corrected chi connectivity index (χ2v) is 2.12. The number of carbonyl (C=O) groups excluding carboxylic acids is 1. The number of nitrogens with two attached hydrogens (primary N) is 1. The van der Waals surface area contributed by atoms with Crippen molar-refractivity contribution in [2.75, 3.05) is 12.3 Å². The summed E-state index contributed by atoms with van der Waals surface area (Å²) >= 11 is 0. The van der Waals surface area contributed by atoms with Gasteiger partial charge in [-0.05, 0) is 12.4 Å². The van der Waals surface area contributed by atoms with Gasteiger partial charge in [-0.15, -0.1) is 0 Å². The van der Waals surface area contributed by atoms with Crippen molar-refractivity contribution in [3.8, 4) is 0 Å². The summed E-state index contributed by atoms with van der Waals surface area (Å²) in [6.07, 6.45) is 0. The highest BCUT2D eigenvalue weighted by atomic mass is 16.5. The van der Waals surface area contributed by atoms with Crippen molar-refractivity contribution in [2.24, 2.45) is 0 Å². The number of H-pyrrole nitrogens is 1. The Morgan fingerprint density at radius 1 is 1.83 bits per heavy atom. The lowest BCUT2D eigenvalue weighted by Gasteiger charge is -1.98. The van der Waals surface area contributed by atoms with Gasteiger partial charge in [-0.3, -0.25) is 5.10 Å². The molecule has 6 heteroatoms. The topological polar surface area (TPSA) is 81.0 Å². The van der Waals surface area contributed by atoms with E-state index < -0.39 is 5.97 Å². The minimum absolute atomic E-state index is 0.106. The molecular formula is C6H8BN3O2. The molecule has 0 unspecified atom stereocenters. The Bertz CT molecular complexity index is 297. The van der Waals surface area contributed by atoms with Gasteiger partial charge in [-0.1, -0.05) is 0 Å². The largest absolute Gasteiger partial charge is 0.461 e. The zero-order valence-electron chi connectivity index (χ0n) is 6.63. The molecule has 1 rings (SSSR count). The van der Waals surface area contributed by atoms with E-state index in [0.717, 1.165) is 0 Å². The van der Waals surface area contributed by atoms with Crippen molar-refractivity contribution in [1.82, 2.24) is 10.2 Å². The summed E-state index contributed by atoms with van der Waals surface area (Å²) in [5.41, 5.74) is 5.54. The predicted molar refractivity (Wildman–Crippen MR) is 44.3 cm³/mol. The molecule has 2 radical (unpaired) electrons.